The molecule has 210 valence electrons. The van der Waals surface area contributed by atoms with E-state index < -0.39 is 12.1 Å². The summed E-state index contributed by atoms with van der Waals surface area (Å²) in [4.78, 5) is 41.0. The minimum Gasteiger partial charge on any atom is -0.493 e. The minimum absolute atomic E-state index is 0.00920. The van der Waals surface area contributed by atoms with Crippen LogP contribution < -0.4 is 30.3 Å². The second-order valence-electron chi connectivity index (χ2n) is 10.5. The van der Waals surface area contributed by atoms with Gasteiger partial charge < -0.3 is 29.7 Å². The molecule has 2 amide bonds. The Bertz CT molecular complexity index is 1300. The van der Waals surface area contributed by atoms with E-state index in [1.54, 1.807) is 33.5 Å². The topological polar surface area (TPSA) is 106 Å². The summed E-state index contributed by atoms with van der Waals surface area (Å²) < 4.78 is 17.1. The van der Waals surface area contributed by atoms with Crippen molar-refractivity contribution in [1.82, 2.24) is 10.2 Å². The molecule has 1 saturated heterocycles. The van der Waals surface area contributed by atoms with Crippen molar-refractivity contribution in [2.24, 2.45) is 5.92 Å². The Morgan fingerprint density at radius 2 is 1.69 bits per heavy atom. The van der Waals surface area contributed by atoms with Crippen LogP contribution in [0.15, 0.2) is 29.1 Å². The molecule has 0 saturated carbocycles. The van der Waals surface area contributed by atoms with Crippen molar-refractivity contribution in [1.29, 1.82) is 0 Å². The van der Waals surface area contributed by atoms with Gasteiger partial charge in [0.2, 0.25) is 23.0 Å². The quantitative estimate of drug-likeness (QED) is 0.526. The highest BCUT2D eigenvalue weighted by atomic mass is 16.5. The highest BCUT2D eigenvalue weighted by molar-refractivity contribution is 5.86. The molecule has 2 aromatic rings. The number of ether oxygens (including phenoxy) is 3. The smallest absolute Gasteiger partial charge is 0.245 e. The van der Waals surface area contributed by atoms with Crippen LogP contribution in [0.1, 0.15) is 57.2 Å². The zero-order chi connectivity index (χ0) is 28.3. The lowest BCUT2D eigenvalue weighted by atomic mass is 9.95. The van der Waals surface area contributed by atoms with E-state index in [1.807, 2.05) is 30.9 Å². The number of hydrogen-bond donors (Lipinski definition) is 2. The molecule has 2 atom stereocenters. The molecular weight excluding hydrogens is 498 g/mol. The van der Waals surface area contributed by atoms with Gasteiger partial charge in [0, 0.05) is 25.6 Å². The van der Waals surface area contributed by atoms with Gasteiger partial charge in [-0.3, -0.25) is 14.4 Å². The van der Waals surface area contributed by atoms with E-state index in [1.165, 1.54) is 6.92 Å². The molecule has 2 aromatic carbocycles. The van der Waals surface area contributed by atoms with Crippen molar-refractivity contribution in [3.8, 4) is 28.4 Å². The third-order valence-electron chi connectivity index (χ3n) is 7.58. The van der Waals surface area contributed by atoms with Gasteiger partial charge in [-0.2, -0.15) is 0 Å². The van der Waals surface area contributed by atoms with E-state index in [4.69, 9.17) is 14.2 Å². The highest BCUT2D eigenvalue weighted by Gasteiger charge is 2.31. The Balaban J connectivity index is 1.90. The van der Waals surface area contributed by atoms with Crippen LogP contribution in [0.3, 0.4) is 0 Å². The second-order valence-corrected chi connectivity index (χ2v) is 10.5. The lowest BCUT2D eigenvalue weighted by molar-refractivity contribution is -0.131. The minimum atomic E-state index is -0.532. The molecule has 2 aliphatic rings. The number of methoxy groups -OCH3 is 3. The summed E-state index contributed by atoms with van der Waals surface area (Å²) in [7, 11) is 4.70. The first-order valence-corrected chi connectivity index (χ1v) is 13.5. The molecule has 1 fully saturated rings. The number of carbonyl (C=O) groups excluding carboxylic acids is 2. The molecule has 9 heteroatoms. The summed E-state index contributed by atoms with van der Waals surface area (Å²) in [6.45, 7) is 6.90. The molecule has 4 rings (SSSR count). The third-order valence-corrected chi connectivity index (χ3v) is 7.58. The van der Waals surface area contributed by atoms with E-state index >= 15 is 0 Å². The molecule has 0 spiro atoms. The van der Waals surface area contributed by atoms with Crippen LogP contribution in [0.25, 0.3) is 11.1 Å². The monoisotopic (exact) mass is 537 g/mol. The zero-order valence-corrected chi connectivity index (χ0v) is 23.7. The Morgan fingerprint density at radius 3 is 2.28 bits per heavy atom. The first kappa shape index (κ1) is 28.3. The Labute approximate surface area is 229 Å². The predicted octanol–water partition coefficient (Wildman–Crippen LogP) is 3.92. The average Bonchev–Trinajstić information content (AvgIpc) is 3.35. The maximum absolute atomic E-state index is 13.7. The van der Waals surface area contributed by atoms with Crippen LogP contribution in [-0.4, -0.2) is 57.2 Å². The molecule has 9 nitrogen and oxygen atoms in total. The lowest BCUT2D eigenvalue weighted by Gasteiger charge is -2.27. The van der Waals surface area contributed by atoms with Crippen molar-refractivity contribution in [3.05, 3.63) is 45.6 Å². The van der Waals surface area contributed by atoms with Crippen molar-refractivity contribution in [2.75, 3.05) is 39.7 Å². The molecule has 0 bridgehead atoms. The summed E-state index contributed by atoms with van der Waals surface area (Å²) in [5.41, 5.74) is 3.24. The lowest BCUT2D eigenvalue weighted by Crippen LogP contribution is -2.45. The average molecular weight is 538 g/mol. The largest absolute Gasteiger partial charge is 0.493 e. The Morgan fingerprint density at radius 1 is 1.00 bits per heavy atom. The SMILES string of the molecule is COc1cc2c(c(OC)c1OC)-c1ccc(N[C@@H](C(=O)N3CCCC3)C(C)C)c(=O)cc1[C@H](NC(C)=O)CC2. The van der Waals surface area contributed by atoms with Gasteiger partial charge in [0.05, 0.1) is 33.1 Å². The number of benzene rings is 1. The van der Waals surface area contributed by atoms with Crippen LogP contribution in [-0.2, 0) is 16.0 Å². The van der Waals surface area contributed by atoms with Gasteiger partial charge >= 0.3 is 0 Å². The van der Waals surface area contributed by atoms with Crippen LogP contribution in [0.2, 0.25) is 0 Å². The standard InChI is InChI=1S/C30H39N3O6/c1-17(2)27(30(36)33-13-7-8-14-33)32-23-12-10-20-21(16-24(23)35)22(31-18(3)34)11-9-19-15-25(37-4)28(38-5)29(39-6)26(19)20/h10,12,15-17,22,27H,7-9,11,13-14H2,1-6H3,(H,31,34)(H,32,35)/t22-,27-/m1/s1. The molecule has 0 aromatic heterocycles. The third kappa shape index (κ3) is 5.67. The molecule has 39 heavy (non-hydrogen) atoms. The van der Waals surface area contributed by atoms with Gasteiger partial charge in [0.25, 0.3) is 0 Å². The van der Waals surface area contributed by atoms with Crippen molar-refractivity contribution >= 4 is 17.5 Å². The second kappa shape index (κ2) is 12.0. The highest BCUT2D eigenvalue weighted by Crippen LogP contribution is 2.50. The summed E-state index contributed by atoms with van der Waals surface area (Å²) in [6.07, 6.45) is 3.19. The molecule has 0 unspecified atom stereocenters. The van der Waals surface area contributed by atoms with Gasteiger partial charge in [-0.1, -0.05) is 19.9 Å². The maximum Gasteiger partial charge on any atom is 0.245 e. The van der Waals surface area contributed by atoms with Crippen molar-refractivity contribution in [3.63, 3.8) is 0 Å². The van der Waals surface area contributed by atoms with E-state index in [2.05, 4.69) is 10.6 Å². The van der Waals surface area contributed by atoms with Crippen molar-refractivity contribution in [2.45, 2.75) is 58.5 Å². The van der Waals surface area contributed by atoms with Crippen molar-refractivity contribution < 1.29 is 23.8 Å². The van der Waals surface area contributed by atoms with Gasteiger partial charge in [-0.15, -0.1) is 0 Å². The van der Waals surface area contributed by atoms with Crippen LogP contribution >= 0.6 is 0 Å². The number of nitrogens with zero attached hydrogens (tertiary/aromatic N) is 1. The number of likely N-dealkylation sites (tertiary alicyclic amines) is 1. The molecule has 0 radical (unpaired) electrons. The fourth-order valence-electron chi connectivity index (χ4n) is 5.64. The number of anilines is 1. The summed E-state index contributed by atoms with van der Waals surface area (Å²) in [6, 6.07) is 6.15. The zero-order valence-electron chi connectivity index (χ0n) is 23.7. The van der Waals surface area contributed by atoms with E-state index in [0.717, 1.165) is 42.6 Å². The number of fused-ring (bicyclic) bond motifs is 3. The molecule has 1 aliphatic heterocycles. The number of carbonyl (C=O) groups is 2. The van der Waals surface area contributed by atoms with E-state index in [9.17, 15) is 14.4 Å². The molecule has 1 heterocycles. The van der Waals surface area contributed by atoms with Gasteiger partial charge in [-0.05, 0) is 66.5 Å². The normalized spacial score (nSPS) is 17.0. The number of hydrogen-bond acceptors (Lipinski definition) is 7. The fraction of sp³-hybridized carbons (Fsp3) is 0.500. The molecule has 2 N–H and O–H groups in total. The number of amides is 2. The Kier molecular flexibility index (Phi) is 8.67. The van der Waals surface area contributed by atoms with Crippen LogP contribution in [0, 0.1) is 5.92 Å². The number of aryl methyl sites for hydroxylation is 1. The molecule has 1 aliphatic carbocycles. The number of nitrogens with one attached hydrogen (secondary N) is 2. The number of rotatable bonds is 8. The van der Waals surface area contributed by atoms with E-state index in [0.29, 0.717) is 41.3 Å². The summed E-state index contributed by atoms with van der Waals surface area (Å²) in [5.74, 6) is 1.29. The maximum atomic E-state index is 13.7. The van der Waals surface area contributed by atoms with Crippen LogP contribution in [0.5, 0.6) is 17.2 Å². The predicted molar refractivity (Wildman–Crippen MR) is 151 cm³/mol. The van der Waals surface area contributed by atoms with E-state index in [-0.39, 0.29) is 23.2 Å². The Hall–Kier alpha value is -3.75. The summed E-state index contributed by atoms with van der Waals surface area (Å²) >= 11 is 0. The van der Waals surface area contributed by atoms with Crippen LogP contribution in [0.4, 0.5) is 5.69 Å². The fourth-order valence-corrected chi connectivity index (χ4v) is 5.64. The van der Waals surface area contributed by atoms with Gasteiger partial charge in [0.15, 0.2) is 11.5 Å². The first-order valence-electron chi connectivity index (χ1n) is 13.5. The van der Waals surface area contributed by atoms with Gasteiger partial charge in [-0.25, -0.2) is 0 Å². The first-order chi connectivity index (χ1) is 18.7. The van der Waals surface area contributed by atoms with Gasteiger partial charge in [0.1, 0.15) is 6.04 Å². The molecular formula is C30H39N3O6. The summed E-state index contributed by atoms with van der Waals surface area (Å²) in [5, 5.41) is 6.28.